The molecule has 0 aliphatic carbocycles. The molecule has 0 aliphatic heterocycles. The van der Waals surface area contributed by atoms with Crippen LogP contribution in [0, 0.1) is 5.82 Å². The zero-order valence-corrected chi connectivity index (χ0v) is 11.8. The number of carbonyl (C=O) groups excluding carboxylic acids is 1. The number of halogens is 2. The van der Waals surface area contributed by atoms with Crippen LogP contribution in [0.15, 0.2) is 22.0 Å². The van der Waals surface area contributed by atoms with Crippen molar-refractivity contribution in [3.8, 4) is 0 Å². The van der Waals surface area contributed by atoms with Crippen LogP contribution in [-0.2, 0) is 9.53 Å². The van der Waals surface area contributed by atoms with Crippen molar-refractivity contribution in [2.75, 3.05) is 12.4 Å². The van der Waals surface area contributed by atoms with Gasteiger partial charge in [0.15, 0.2) is 5.82 Å². The second-order valence-corrected chi connectivity index (χ2v) is 4.64. The summed E-state index contributed by atoms with van der Waals surface area (Å²) in [4.78, 5) is 15.3. The Morgan fingerprint density at radius 3 is 3.00 bits per heavy atom. The van der Waals surface area contributed by atoms with Crippen LogP contribution in [0.4, 0.5) is 10.1 Å². The first-order valence-electron chi connectivity index (χ1n) is 4.93. The third-order valence-corrected chi connectivity index (χ3v) is 3.36. The number of hydrogen-bond acceptors (Lipinski definition) is 5. The molecule has 3 nitrogen and oxygen atoms in total. The van der Waals surface area contributed by atoms with Gasteiger partial charge in [0.1, 0.15) is 5.69 Å². The van der Waals surface area contributed by atoms with E-state index in [1.807, 2.05) is 0 Å². The third kappa shape index (κ3) is 4.38. The van der Waals surface area contributed by atoms with E-state index in [0.29, 0.717) is 11.5 Å². The Morgan fingerprint density at radius 1 is 1.67 bits per heavy atom. The van der Waals surface area contributed by atoms with Crippen molar-refractivity contribution in [3.05, 3.63) is 23.0 Å². The van der Waals surface area contributed by atoms with Gasteiger partial charge in [0.2, 0.25) is 0 Å². The molecule has 0 saturated carbocycles. The molecule has 7 heteroatoms. The summed E-state index contributed by atoms with van der Waals surface area (Å²) < 4.78 is 18.1. The summed E-state index contributed by atoms with van der Waals surface area (Å²) in [5, 5.41) is 2.29. The average molecular weight is 306 g/mol. The van der Waals surface area contributed by atoms with Gasteiger partial charge in [-0.25, -0.2) is 4.39 Å². The number of hydrogen-bond donors (Lipinski definition) is 0. The molecule has 0 atom stereocenters. The maximum absolute atomic E-state index is 13.4. The van der Waals surface area contributed by atoms with Gasteiger partial charge in [-0.1, -0.05) is 11.6 Å². The van der Waals surface area contributed by atoms with Gasteiger partial charge in [-0.2, -0.15) is 4.99 Å². The zero-order valence-electron chi connectivity index (χ0n) is 9.41. The molecule has 0 aromatic heterocycles. The Morgan fingerprint density at radius 2 is 2.39 bits per heavy atom. The van der Waals surface area contributed by atoms with Crippen molar-refractivity contribution in [2.24, 2.45) is 4.99 Å². The summed E-state index contributed by atoms with van der Waals surface area (Å²) >= 11 is 11.4. The number of rotatable bonds is 5. The summed E-state index contributed by atoms with van der Waals surface area (Å²) in [6.45, 7) is 2.04. The predicted octanol–water partition coefficient (Wildman–Crippen LogP) is 3.87. The fourth-order valence-corrected chi connectivity index (χ4v) is 2.26. The molecule has 96 valence electrons. The number of aliphatic imine (C=N–C) groups is 1. The molecule has 0 aliphatic rings. The van der Waals surface area contributed by atoms with E-state index in [0.717, 1.165) is 17.8 Å². The number of isothiocyanates is 1. The van der Waals surface area contributed by atoms with Crippen molar-refractivity contribution in [1.82, 2.24) is 0 Å². The van der Waals surface area contributed by atoms with E-state index in [-0.39, 0.29) is 22.4 Å². The topological polar surface area (TPSA) is 38.7 Å². The highest BCUT2D eigenvalue weighted by atomic mass is 35.5. The van der Waals surface area contributed by atoms with Crippen molar-refractivity contribution in [2.45, 2.75) is 11.8 Å². The van der Waals surface area contributed by atoms with Gasteiger partial charge >= 0.3 is 5.97 Å². The van der Waals surface area contributed by atoms with Crippen LogP contribution in [0.1, 0.15) is 6.92 Å². The number of carbonyl (C=O) groups is 1. The van der Waals surface area contributed by atoms with E-state index < -0.39 is 5.82 Å². The Hall–Kier alpha value is -0.940. The first-order chi connectivity index (χ1) is 8.58. The zero-order chi connectivity index (χ0) is 13.5. The molecule has 0 bridgehead atoms. The molecule has 1 rings (SSSR count). The first kappa shape index (κ1) is 15.1. The molecule has 18 heavy (non-hydrogen) atoms. The Labute approximate surface area is 118 Å². The van der Waals surface area contributed by atoms with Crippen molar-refractivity contribution >= 4 is 52.4 Å². The quantitative estimate of drug-likeness (QED) is 0.358. The van der Waals surface area contributed by atoms with Crippen LogP contribution in [-0.4, -0.2) is 23.5 Å². The minimum Gasteiger partial charge on any atom is -0.465 e. The molecular weight excluding hydrogens is 297 g/mol. The van der Waals surface area contributed by atoms with E-state index >= 15 is 0 Å². The Kier molecular flexibility index (Phi) is 6.29. The van der Waals surface area contributed by atoms with Gasteiger partial charge in [0, 0.05) is 4.90 Å². The molecule has 0 amide bonds. The van der Waals surface area contributed by atoms with Gasteiger partial charge in [-0.05, 0) is 31.3 Å². The number of ether oxygens (including phenoxy) is 1. The Bertz CT molecular complexity index is 504. The lowest BCUT2D eigenvalue weighted by molar-refractivity contribution is -0.139. The maximum Gasteiger partial charge on any atom is 0.316 e. The summed E-state index contributed by atoms with van der Waals surface area (Å²) in [5.74, 6) is -0.847. The van der Waals surface area contributed by atoms with Crippen LogP contribution >= 0.6 is 35.6 Å². The highest BCUT2D eigenvalue weighted by molar-refractivity contribution is 8.00. The summed E-state index contributed by atoms with van der Waals surface area (Å²) in [5.41, 5.74) is 0.0424. The number of benzene rings is 1. The molecule has 0 unspecified atom stereocenters. The summed E-state index contributed by atoms with van der Waals surface area (Å²) in [6, 6.07) is 2.54. The fourth-order valence-electron chi connectivity index (χ4n) is 1.10. The van der Waals surface area contributed by atoms with Crippen molar-refractivity contribution < 1.29 is 13.9 Å². The van der Waals surface area contributed by atoms with E-state index in [2.05, 4.69) is 22.4 Å². The smallest absolute Gasteiger partial charge is 0.316 e. The standard InChI is InChI=1S/C11H9ClFNO2S2/c1-2-16-11(15)5-18-10-4-9(14-6-17)8(13)3-7(10)12/h3-4H,2,5H2,1H3. The minimum absolute atomic E-state index is 0.0424. The van der Waals surface area contributed by atoms with Crippen LogP contribution in [0.3, 0.4) is 0 Å². The number of thiocarbonyl (C=S) groups is 1. The van der Waals surface area contributed by atoms with Gasteiger partial charge in [0.05, 0.1) is 22.5 Å². The average Bonchev–Trinajstić information content (AvgIpc) is 2.31. The van der Waals surface area contributed by atoms with Gasteiger partial charge in [-0.3, -0.25) is 4.79 Å². The van der Waals surface area contributed by atoms with Gasteiger partial charge in [0.25, 0.3) is 0 Å². The lowest BCUT2D eigenvalue weighted by Gasteiger charge is -2.05. The van der Waals surface area contributed by atoms with E-state index in [9.17, 15) is 9.18 Å². The molecule has 0 saturated heterocycles. The van der Waals surface area contributed by atoms with Crippen LogP contribution in [0.5, 0.6) is 0 Å². The Balaban J connectivity index is 2.85. The van der Waals surface area contributed by atoms with Crippen molar-refractivity contribution in [3.63, 3.8) is 0 Å². The van der Waals surface area contributed by atoms with E-state index in [4.69, 9.17) is 16.3 Å². The van der Waals surface area contributed by atoms with E-state index in [1.165, 1.54) is 6.07 Å². The minimum atomic E-state index is -0.585. The highest BCUT2D eigenvalue weighted by Crippen LogP contribution is 2.33. The first-order valence-corrected chi connectivity index (χ1v) is 6.71. The van der Waals surface area contributed by atoms with Gasteiger partial charge in [-0.15, -0.1) is 11.8 Å². The third-order valence-electron chi connectivity index (χ3n) is 1.82. The lowest BCUT2D eigenvalue weighted by Crippen LogP contribution is -2.06. The molecular formula is C11H9ClFNO2S2. The molecule has 0 spiro atoms. The molecule has 1 aromatic carbocycles. The normalized spacial score (nSPS) is 9.72. The maximum atomic E-state index is 13.4. The summed E-state index contributed by atoms with van der Waals surface area (Å²) in [7, 11) is 0. The number of nitrogens with zero attached hydrogens (tertiary/aromatic N) is 1. The predicted molar refractivity (Wildman–Crippen MR) is 73.5 cm³/mol. The SMILES string of the molecule is CCOC(=O)CSc1cc(N=C=S)c(F)cc1Cl. The van der Waals surface area contributed by atoms with Crippen LogP contribution < -0.4 is 0 Å². The second kappa shape index (κ2) is 7.48. The van der Waals surface area contributed by atoms with Crippen molar-refractivity contribution in [1.29, 1.82) is 0 Å². The monoisotopic (exact) mass is 305 g/mol. The highest BCUT2D eigenvalue weighted by Gasteiger charge is 2.11. The number of thioether (sulfide) groups is 1. The largest absolute Gasteiger partial charge is 0.465 e. The second-order valence-electron chi connectivity index (χ2n) is 3.03. The van der Waals surface area contributed by atoms with E-state index in [1.54, 1.807) is 6.92 Å². The molecule has 0 N–H and O–H groups in total. The molecule has 0 heterocycles. The van der Waals surface area contributed by atoms with Crippen LogP contribution in [0.2, 0.25) is 5.02 Å². The summed E-state index contributed by atoms with van der Waals surface area (Å²) in [6.07, 6.45) is 0. The molecule has 0 radical (unpaired) electrons. The molecule has 1 aromatic rings. The lowest BCUT2D eigenvalue weighted by atomic mass is 10.3. The fraction of sp³-hybridized carbons (Fsp3) is 0.273. The van der Waals surface area contributed by atoms with Crippen LogP contribution in [0.25, 0.3) is 0 Å². The van der Waals surface area contributed by atoms with Gasteiger partial charge < -0.3 is 4.74 Å². The molecule has 0 fully saturated rings. The number of esters is 1.